The maximum absolute atomic E-state index is 12.7. The van der Waals surface area contributed by atoms with Crippen LogP contribution in [0.1, 0.15) is 25.0 Å². The highest BCUT2D eigenvalue weighted by molar-refractivity contribution is 8.00. The molecule has 0 radical (unpaired) electrons. The van der Waals surface area contributed by atoms with E-state index in [4.69, 9.17) is 4.42 Å². The van der Waals surface area contributed by atoms with Gasteiger partial charge in [-0.25, -0.2) is 0 Å². The van der Waals surface area contributed by atoms with Gasteiger partial charge < -0.3 is 14.2 Å². The number of rotatable bonds is 5. The number of aromatic nitrogens is 2. The standard InChI is InChI=1S/C19H26N4O2S/c1-5-22-8-10-23(11-9-22)18(24)15(4)26-19-21-20-17(25-19)16-7-6-13(2)14(3)12-16/h6-7,12,15H,5,8-11H2,1-4H3/p+1/t15-/m0/s1. The number of hydrogen-bond donors (Lipinski definition) is 1. The molecule has 0 saturated carbocycles. The molecule has 0 unspecified atom stereocenters. The molecule has 140 valence electrons. The number of carbonyl (C=O) groups is 1. The molecule has 1 atom stereocenters. The molecule has 1 fully saturated rings. The van der Waals surface area contributed by atoms with Crippen LogP contribution in [0, 0.1) is 13.8 Å². The topological polar surface area (TPSA) is 63.7 Å². The Balaban J connectivity index is 1.61. The van der Waals surface area contributed by atoms with E-state index in [1.165, 1.54) is 22.9 Å². The first kappa shape index (κ1) is 18.9. The fraction of sp³-hybridized carbons (Fsp3) is 0.526. The van der Waals surface area contributed by atoms with Gasteiger partial charge in [-0.05, 0) is 51.0 Å². The monoisotopic (exact) mass is 375 g/mol. The molecule has 2 heterocycles. The van der Waals surface area contributed by atoms with E-state index >= 15 is 0 Å². The zero-order chi connectivity index (χ0) is 18.7. The van der Waals surface area contributed by atoms with Crippen LogP contribution in [0.2, 0.25) is 0 Å². The number of piperazine rings is 1. The normalized spacial score (nSPS) is 16.7. The predicted octanol–water partition coefficient (Wildman–Crippen LogP) is 1.58. The summed E-state index contributed by atoms with van der Waals surface area (Å²) in [4.78, 5) is 16.2. The fourth-order valence-electron chi connectivity index (χ4n) is 3.10. The maximum Gasteiger partial charge on any atom is 0.277 e. The van der Waals surface area contributed by atoms with E-state index in [0.29, 0.717) is 11.1 Å². The highest BCUT2D eigenvalue weighted by Crippen LogP contribution is 2.27. The average molecular weight is 376 g/mol. The third kappa shape index (κ3) is 4.27. The summed E-state index contributed by atoms with van der Waals surface area (Å²) in [7, 11) is 0. The molecule has 7 heteroatoms. The smallest absolute Gasteiger partial charge is 0.277 e. The van der Waals surface area contributed by atoms with Gasteiger partial charge in [-0.15, -0.1) is 10.2 Å². The van der Waals surface area contributed by atoms with Crippen molar-refractivity contribution >= 4 is 17.7 Å². The lowest BCUT2D eigenvalue weighted by Gasteiger charge is -2.32. The van der Waals surface area contributed by atoms with E-state index in [2.05, 4.69) is 31.0 Å². The van der Waals surface area contributed by atoms with E-state index in [1.807, 2.05) is 30.0 Å². The van der Waals surface area contributed by atoms with Crippen molar-refractivity contribution in [2.45, 2.75) is 38.2 Å². The quantitative estimate of drug-likeness (QED) is 0.804. The molecule has 1 aliphatic heterocycles. The van der Waals surface area contributed by atoms with Crippen LogP contribution in [-0.4, -0.2) is 59.0 Å². The van der Waals surface area contributed by atoms with Crippen molar-refractivity contribution in [1.29, 1.82) is 0 Å². The number of quaternary nitrogens is 1. The Bertz CT molecular complexity index is 769. The van der Waals surface area contributed by atoms with Crippen LogP contribution in [0.4, 0.5) is 0 Å². The molecule has 2 aromatic rings. The lowest BCUT2D eigenvalue weighted by molar-refractivity contribution is -0.902. The second-order valence-electron chi connectivity index (χ2n) is 6.86. The van der Waals surface area contributed by atoms with Gasteiger partial charge in [0.2, 0.25) is 11.8 Å². The van der Waals surface area contributed by atoms with Crippen LogP contribution in [-0.2, 0) is 4.79 Å². The molecule has 1 N–H and O–H groups in total. The van der Waals surface area contributed by atoms with E-state index < -0.39 is 0 Å². The van der Waals surface area contributed by atoms with E-state index in [-0.39, 0.29) is 11.2 Å². The van der Waals surface area contributed by atoms with Crippen molar-refractivity contribution in [3.05, 3.63) is 29.3 Å². The maximum atomic E-state index is 12.7. The van der Waals surface area contributed by atoms with Crippen molar-refractivity contribution < 1.29 is 14.1 Å². The van der Waals surface area contributed by atoms with Crippen molar-refractivity contribution in [1.82, 2.24) is 15.1 Å². The minimum absolute atomic E-state index is 0.149. The average Bonchev–Trinajstić information content (AvgIpc) is 3.12. The lowest BCUT2D eigenvalue weighted by atomic mass is 10.1. The number of benzene rings is 1. The molecule has 0 aliphatic carbocycles. The van der Waals surface area contributed by atoms with Gasteiger partial charge in [-0.3, -0.25) is 4.79 Å². The second-order valence-corrected chi connectivity index (χ2v) is 8.15. The summed E-state index contributed by atoms with van der Waals surface area (Å²) in [6.45, 7) is 13.0. The number of thioether (sulfide) groups is 1. The number of hydrogen-bond acceptors (Lipinski definition) is 5. The number of aryl methyl sites for hydroxylation is 2. The summed E-state index contributed by atoms with van der Waals surface area (Å²) in [5.41, 5.74) is 3.32. The first-order valence-electron chi connectivity index (χ1n) is 9.18. The van der Waals surface area contributed by atoms with Gasteiger partial charge in [0.1, 0.15) is 0 Å². The first-order valence-corrected chi connectivity index (χ1v) is 10.1. The number of nitrogens with one attached hydrogen (secondary N) is 1. The summed E-state index contributed by atoms with van der Waals surface area (Å²) in [6.07, 6.45) is 0. The second kappa shape index (κ2) is 8.22. The van der Waals surface area contributed by atoms with Gasteiger partial charge in [0.15, 0.2) is 0 Å². The largest absolute Gasteiger partial charge is 0.411 e. The van der Waals surface area contributed by atoms with Crippen LogP contribution in [0.25, 0.3) is 11.5 Å². The highest BCUT2D eigenvalue weighted by atomic mass is 32.2. The van der Waals surface area contributed by atoms with E-state index in [1.54, 1.807) is 4.90 Å². The fourth-order valence-corrected chi connectivity index (χ4v) is 3.87. The highest BCUT2D eigenvalue weighted by Gasteiger charge is 2.28. The molecule has 0 bridgehead atoms. The zero-order valence-corrected chi connectivity index (χ0v) is 16.7. The number of amides is 1. The summed E-state index contributed by atoms with van der Waals surface area (Å²) >= 11 is 1.34. The minimum atomic E-state index is -0.230. The molecule has 6 nitrogen and oxygen atoms in total. The minimum Gasteiger partial charge on any atom is -0.411 e. The van der Waals surface area contributed by atoms with Gasteiger partial charge in [-0.2, -0.15) is 0 Å². The first-order chi connectivity index (χ1) is 12.5. The molecule has 26 heavy (non-hydrogen) atoms. The van der Waals surface area contributed by atoms with Crippen molar-refractivity contribution in [2.75, 3.05) is 32.7 Å². The molecular formula is C19H27N4O2S+. The third-order valence-electron chi connectivity index (χ3n) is 5.07. The molecule has 1 aliphatic rings. The lowest BCUT2D eigenvalue weighted by Crippen LogP contribution is -3.14. The summed E-state index contributed by atoms with van der Waals surface area (Å²) < 4.78 is 5.77. The van der Waals surface area contributed by atoms with Crippen LogP contribution in [0.5, 0.6) is 0 Å². The Kier molecular flexibility index (Phi) is 5.98. The van der Waals surface area contributed by atoms with Gasteiger partial charge in [0.05, 0.1) is 38.0 Å². The Labute approximate surface area is 159 Å². The van der Waals surface area contributed by atoms with Crippen LogP contribution >= 0.6 is 11.8 Å². The van der Waals surface area contributed by atoms with Gasteiger partial charge in [0, 0.05) is 5.56 Å². The molecule has 1 amide bonds. The summed E-state index contributed by atoms with van der Waals surface area (Å²) in [6, 6.07) is 6.07. The Morgan fingerprint density at radius 2 is 2.00 bits per heavy atom. The zero-order valence-electron chi connectivity index (χ0n) is 15.9. The third-order valence-corrected chi connectivity index (χ3v) is 5.99. The van der Waals surface area contributed by atoms with E-state index in [9.17, 15) is 4.79 Å². The summed E-state index contributed by atoms with van der Waals surface area (Å²) in [5, 5.41) is 8.46. The Hall–Kier alpha value is -1.86. The molecule has 1 aromatic heterocycles. The number of likely N-dealkylation sites (N-methyl/N-ethyl adjacent to an activating group) is 1. The van der Waals surface area contributed by atoms with Gasteiger partial charge in [-0.1, -0.05) is 17.8 Å². The molecule has 3 rings (SSSR count). The Morgan fingerprint density at radius 1 is 1.27 bits per heavy atom. The van der Waals surface area contributed by atoms with Crippen LogP contribution < -0.4 is 4.90 Å². The molecule has 1 saturated heterocycles. The van der Waals surface area contributed by atoms with Crippen LogP contribution in [0.3, 0.4) is 0 Å². The Morgan fingerprint density at radius 3 is 2.65 bits per heavy atom. The molecule has 1 aromatic carbocycles. The number of nitrogens with zero attached hydrogens (tertiary/aromatic N) is 3. The summed E-state index contributed by atoms with van der Waals surface area (Å²) in [5.74, 6) is 0.645. The SMILES string of the molecule is CC[NH+]1CCN(C(=O)[C@H](C)Sc2nnc(-c3ccc(C)c(C)c3)o2)CC1. The van der Waals surface area contributed by atoms with Crippen molar-refractivity contribution in [3.8, 4) is 11.5 Å². The molecular weight excluding hydrogens is 348 g/mol. The van der Waals surface area contributed by atoms with Gasteiger partial charge >= 0.3 is 0 Å². The number of carbonyl (C=O) groups excluding carboxylic acids is 1. The molecule has 0 spiro atoms. The van der Waals surface area contributed by atoms with Crippen molar-refractivity contribution in [2.24, 2.45) is 0 Å². The van der Waals surface area contributed by atoms with Gasteiger partial charge in [0.25, 0.3) is 5.22 Å². The van der Waals surface area contributed by atoms with E-state index in [0.717, 1.165) is 38.3 Å². The van der Waals surface area contributed by atoms with Crippen molar-refractivity contribution in [3.63, 3.8) is 0 Å². The van der Waals surface area contributed by atoms with Crippen LogP contribution in [0.15, 0.2) is 27.8 Å². The predicted molar refractivity (Wildman–Crippen MR) is 102 cm³/mol.